The Kier molecular flexibility index (Phi) is 9.22. The predicted octanol–water partition coefficient (Wildman–Crippen LogP) is 3.51. The molecule has 1 aliphatic carbocycles. The average molecular weight is 447 g/mol. The summed E-state index contributed by atoms with van der Waals surface area (Å²) in [6, 6.07) is 10.5. The van der Waals surface area contributed by atoms with Crippen LogP contribution in [0.4, 0.5) is 13.2 Å². The second-order valence-corrected chi connectivity index (χ2v) is 6.43. The highest BCUT2D eigenvalue weighted by atomic mass is 19.1. The maximum Gasteiger partial charge on any atom is 0.334 e. The van der Waals surface area contributed by atoms with E-state index in [-0.39, 0.29) is 30.4 Å². The summed E-state index contributed by atoms with van der Waals surface area (Å²) < 4.78 is 48.4. The second kappa shape index (κ2) is 12.1. The molecule has 0 saturated carbocycles. The van der Waals surface area contributed by atoms with Crippen LogP contribution in [0.1, 0.15) is 17.5 Å². The molecule has 32 heavy (non-hydrogen) atoms. The molecule has 0 atom stereocenters. The molecule has 0 aliphatic heterocycles. The van der Waals surface area contributed by atoms with Gasteiger partial charge in [0.05, 0.1) is 13.2 Å². The molecule has 6 nitrogen and oxygen atoms in total. The number of carbonyl (C=O) groups excluding carboxylic acids is 3. The minimum atomic E-state index is -0.998. The number of amides is 1. The van der Waals surface area contributed by atoms with E-state index < -0.39 is 23.4 Å². The standard InChI is InChI=1S/C12H12O4.C11H8F3NO/c1-15-12(14)7-11(8-13)16-9-10-5-3-2-4-6-10;12-7-3-9(13)8(10(14)4-7)5-15-11(16)6-1-2-6/h2-8H,9H2,1H3;1,3-4H,2,5H2,(H,15,16)/b11-7-;. The molecule has 0 unspecified atom stereocenters. The number of esters is 1. The van der Waals surface area contributed by atoms with Gasteiger partial charge in [-0.05, 0) is 12.0 Å². The Morgan fingerprint density at radius 1 is 1.09 bits per heavy atom. The summed E-state index contributed by atoms with van der Waals surface area (Å²) in [5, 5.41) is 2.35. The van der Waals surface area contributed by atoms with Crippen LogP contribution in [0.25, 0.3) is 0 Å². The Balaban J connectivity index is 0.000000227. The fraction of sp³-hybridized carbons (Fsp3) is 0.174. The highest BCUT2D eigenvalue weighted by Gasteiger charge is 2.18. The number of methoxy groups -OCH3 is 1. The number of aldehydes is 1. The van der Waals surface area contributed by atoms with Gasteiger partial charge in [0, 0.05) is 29.8 Å². The fourth-order valence-corrected chi connectivity index (χ4v) is 2.29. The predicted molar refractivity (Wildman–Crippen MR) is 108 cm³/mol. The first-order valence-corrected chi connectivity index (χ1v) is 9.36. The first-order valence-electron chi connectivity index (χ1n) is 9.36. The molecular formula is C23H20F3NO5. The smallest absolute Gasteiger partial charge is 0.334 e. The highest BCUT2D eigenvalue weighted by molar-refractivity contribution is 5.97. The molecule has 1 amide bonds. The normalized spacial score (nSPS) is 12.0. The molecule has 3 rings (SSSR count). The van der Waals surface area contributed by atoms with E-state index in [2.05, 4.69) is 10.1 Å². The highest BCUT2D eigenvalue weighted by Crippen LogP contribution is 2.19. The zero-order valence-corrected chi connectivity index (χ0v) is 17.1. The number of hydrogen-bond donors (Lipinski definition) is 1. The lowest BCUT2D eigenvalue weighted by Gasteiger charge is -2.06. The third kappa shape index (κ3) is 8.10. The maximum atomic E-state index is 13.1. The topological polar surface area (TPSA) is 81.7 Å². The van der Waals surface area contributed by atoms with Gasteiger partial charge in [-0.3, -0.25) is 9.59 Å². The van der Waals surface area contributed by atoms with Gasteiger partial charge in [0.2, 0.25) is 5.91 Å². The number of allylic oxidation sites excluding steroid dienone is 2. The Morgan fingerprint density at radius 3 is 2.25 bits per heavy atom. The number of ether oxygens (including phenoxy) is 2. The summed E-state index contributed by atoms with van der Waals surface area (Å²) in [6.45, 7) is -0.0451. The first-order chi connectivity index (χ1) is 15.3. The minimum Gasteiger partial charge on any atom is -0.485 e. The summed E-state index contributed by atoms with van der Waals surface area (Å²) in [5.41, 5.74) is 1.18. The van der Waals surface area contributed by atoms with Crippen molar-refractivity contribution in [1.29, 1.82) is 0 Å². The zero-order chi connectivity index (χ0) is 23.5. The third-order valence-electron chi connectivity index (χ3n) is 4.06. The molecule has 2 aromatic rings. The van der Waals surface area contributed by atoms with Gasteiger partial charge in [0.15, 0.2) is 12.0 Å². The van der Waals surface area contributed by atoms with Gasteiger partial charge in [-0.2, -0.15) is 0 Å². The van der Waals surface area contributed by atoms with Gasteiger partial charge < -0.3 is 14.8 Å². The Labute approximate surface area is 182 Å². The van der Waals surface area contributed by atoms with E-state index in [4.69, 9.17) is 4.74 Å². The van der Waals surface area contributed by atoms with Crippen molar-refractivity contribution < 1.29 is 37.0 Å². The van der Waals surface area contributed by atoms with Crippen molar-refractivity contribution in [3.8, 4) is 0 Å². The lowest BCUT2D eigenvalue weighted by atomic mass is 10.2. The second-order valence-electron chi connectivity index (χ2n) is 6.43. The van der Waals surface area contributed by atoms with Crippen molar-refractivity contribution in [3.05, 3.63) is 94.5 Å². The van der Waals surface area contributed by atoms with Crippen molar-refractivity contribution in [1.82, 2.24) is 5.32 Å². The van der Waals surface area contributed by atoms with E-state index in [0.717, 1.165) is 11.6 Å². The van der Waals surface area contributed by atoms with E-state index >= 15 is 0 Å². The van der Waals surface area contributed by atoms with Gasteiger partial charge in [-0.25, -0.2) is 18.0 Å². The van der Waals surface area contributed by atoms with Crippen LogP contribution in [0.5, 0.6) is 0 Å². The van der Waals surface area contributed by atoms with E-state index in [9.17, 15) is 27.6 Å². The zero-order valence-electron chi connectivity index (χ0n) is 17.1. The van der Waals surface area contributed by atoms with Crippen LogP contribution in [-0.2, 0) is 37.0 Å². The Bertz CT molecular complexity index is 1010. The van der Waals surface area contributed by atoms with E-state index in [1.807, 2.05) is 30.3 Å². The summed E-state index contributed by atoms with van der Waals surface area (Å²) >= 11 is 0. The molecule has 0 radical (unpaired) electrons. The van der Waals surface area contributed by atoms with Crippen LogP contribution in [0.15, 0.2) is 65.9 Å². The molecule has 9 heteroatoms. The van der Waals surface area contributed by atoms with Gasteiger partial charge >= 0.3 is 5.97 Å². The van der Waals surface area contributed by atoms with E-state index in [1.165, 1.54) is 7.11 Å². The monoisotopic (exact) mass is 447 g/mol. The van der Waals surface area contributed by atoms with E-state index in [0.29, 0.717) is 30.4 Å². The largest absolute Gasteiger partial charge is 0.485 e. The molecule has 1 aliphatic rings. The molecule has 168 valence electrons. The van der Waals surface area contributed by atoms with Crippen LogP contribution in [-0.4, -0.2) is 25.3 Å². The number of hydrogen-bond acceptors (Lipinski definition) is 5. The Morgan fingerprint density at radius 2 is 1.72 bits per heavy atom. The fourth-order valence-electron chi connectivity index (χ4n) is 2.29. The molecule has 0 fully saturated rings. The molecule has 0 heterocycles. The third-order valence-corrected chi connectivity index (χ3v) is 4.06. The number of halogens is 3. The van der Waals surface area contributed by atoms with Gasteiger partial charge in [0.25, 0.3) is 0 Å². The summed E-state index contributed by atoms with van der Waals surface area (Å²) in [6.07, 6.45) is 3.79. The minimum absolute atomic E-state index is 0.0456. The number of benzene rings is 2. The van der Waals surface area contributed by atoms with Crippen LogP contribution in [0.2, 0.25) is 0 Å². The summed E-state index contributed by atoms with van der Waals surface area (Å²) in [7, 11) is 1.23. The SMILES string of the molecule is COC(=O)/C=C(/C=O)OCc1ccccc1.O=C(NCc1c(F)cc(F)cc1F)C1=CC1. The molecule has 0 bridgehead atoms. The van der Waals surface area contributed by atoms with Gasteiger partial charge in [0.1, 0.15) is 24.1 Å². The molecule has 2 aromatic carbocycles. The summed E-state index contributed by atoms with van der Waals surface area (Å²) in [5.74, 6) is -3.98. The van der Waals surface area contributed by atoms with Crippen molar-refractivity contribution in [2.75, 3.05) is 7.11 Å². The van der Waals surface area contributed by atoms with Crippen LogP contribution >= 0.6 is 0 Å². The number of carbonyl (C=O) groups is 3. The van der Waals surface area contributed by atoms with Crippen LogP contribution in [0, 0.1) is 17.5 Å². The van der Waals surface area contributed by atoms with Crippen LogP contribution < -0.4 is 5.32 Å². The number of rotatable bonds is 8. The van der Waals surface area contributed by atoms with Crippen molar-refractivity contribution >= 4 is 18.2 Å². The van der Waals surface area contributed by atoms with Crippen molar-refractivity contribution in [3.63, 3.8) is 0 Å². The molecule has 1 N–H and O–H groups in total. The number of nitrogens with one attached hydrogen (secondary N) is 1. The molecular weight excluding hydrogens is 427 g/mol. The average Bonchev–Trinajstić information content (AvgIpc) is 3.62. The first kappa shape index (κ1) is 24.4. The lowest BCUT2D eigenvalue weighted by molar-refractivity contribution is -0.135. The molecule has 0 saturated heterocycles. The quantitative estimate of drug-likeness (QED) is 0.290. The molecule has 0 aromatic heterocycles. The Hall–Kier alpha value is -3.88. The van der Waals surface area contributed by atoms with Gasteiger partial charge in [-0.1, -0.05) is 36.4 Å². The van der Waals surface area contributed by atoms with E-state index in [1.54, 1.807) is 6.08 Å². The van der Waals surface area contributed by atoms with Crippen molar-refractivity contribution in [2.45, 2.75) is 19.6 Å². The van der Waals surface area contributed by atoms with Crippen molar-refractivity contribution in [2.24, 2.45) is 0 Å². The summed E-state index contributed by atoms with van der Waals surface area (Å²) in [4.78, 5) is 32.6. The lowest BCUT2D eigenvalue weighted by Crippen LogP contribution is -2.23. The van der Waals surface area contributed by atoms with Gasteiger partial charge in [-0.15, -0.1) is 0 Å². The maximum absolute atomic E-state index is 13.1. The molecule has 0 spiro atoms. The van der Waals surface area contributed by atoms with Crippen LogP contribution in [0.3, 0.4) is 0 Å².